The maximum Gasteiger partial charge on any atom is 0.223 e. The maximum atomic E-state index is 13.4. The van der Waals surface area contributed by atoms with Crippen LogP contribution in [-0.2, 0) is 16.2 Å². The summed E-state index contributed by atoms with van der Waals surface area (Å²) in [7, 11) is 0. The van der Waals surface area contributed by atoms with Crippen LogP contribution in [0, 0.1) is 5.92 Å². The molecular formula is C41H48N6O3. The fraction of sp³-hybridized carbons (Fsp3) is 0.463. The van der Waals surface area contributed by atoms with E-state index < -0.39 is 0 Å². The normalized spacial score (nSPS) is 22.2. The zero-order chi connectivity index (χ0) is 34.7. The molecule has 2 amide bonds. The summed E-state index contributed by atoms with van der Waals surface area (Å²) in [4.78, 5) is 47.4. The minimum absolute atomic E-state index is 0.00546. The maximum absolute atomic E-state index is 13.4. The molecule has 0 bridgehead atoms. The number of fused-ring (bicyclic) bond motifs is 6. The SMILES string of the molecule is CCCC(=O)N1[C@@H](C)CC[C@H]1c1ncc(-c2ccc3c(c2)COc2cc4c(ccc5nc([C@@H]6CC[C@H](C)N6C(=O)C[C@@H](C)CC)[nH]c54)cc2-3)[nH]1. The van der Waals surface area contributed by atoms with E-state index in [1.165, 1.54) is 5.56 Å². The van der Waals surface area contributed by atoms with Crippen molar-refractivity contribution in [2.45, 2.75) is 117 Å². The van der Waals surface area contributed by atoms with Crippen LogP contribution in [0.3, 0.4) is 0 Å². The second-order valence-electron chi connectivity index (χ2n) is 14.9. The van der Waals surface area contributed by atoms with Crippen LogP contribution < -0.4 is 4.74 Å². The van der Waals surface area contributed by atoms with E-state index in [9.17, 15) is 9.59 Å². The lowest BCUT2D eigenvalue weighted by molar-refractivity contribution is -0.135. The van der Waals surface area contributed by atoms with Crippen LogP contribution in [-0.4, -0.2) is 53.6 Å². The molecule has 0 spiro atoms. The minimum Gasteiger partial charge on any atom is -0.488 e. The molecule has 2 aromatic heterocycles. The minimum atomic E-state index is -0.0332. The molecule has 3 aliphatic heterocycles. The molecule has 2 N–H and O–H groups in total. The Morgan fingerprint density at radius 2 is 1.66 bits per heavy atom. The number of imidazole rings is 2. The third kappa shape index (κ3) is 5.55. The smallest absolute Gasteiger partial charge is 0.223 e. The number of likely N-dealkylation sites (tertiary alicyclic amines) is 2. The third-order valence-corrected chi connectivity index (χ3v) is 11.5. The van der Waals surface area contributed by atoms with Gasteiger partial charge in [0.15, 0.2) is 0 Å². The zero-order valence-electron chi connectivity index (χ0n) is 29.9. The number of hydrogen-bond donors (Lipinski definition) is 2. The van der Waals surface area contributed by atoms with Gasteiger partial charge in [0.1, 0.15) is 24.0 Å². The van der Waals surface area contributed by atoms with Crippen LogP contribution in [0.5, 0.6) is 5.75 Å². The number of aromatic nitrogens is 4. The van der Waals surface area contributed by atoms with Crippen molar-refractivity contribution < 1.29 is 14.3 Å². The van der Waals surface area contributed by atoms with E-state index in [0.29, 0.717) is 25.4 Å². The first-order valence-electron chi connectivity index (χ1n) is 18.6. The third-order valence-electron chi connectivity index (χ3n) is 11.5. The van der Waals surface area contributed by atoms with Crippen LogP contribution in [0.1, 0.15) is 115 Å². The Bertz CT molecular complexity index is 2100. The molecule has 5 atom stereocenters. The van der Waals surface area contributed by atoms with Crippen molar-refractivity contribution in [2.75, 3.05) is 0 Å². The predicted octanol–water partition coefficient (Wildman–Crippen LogP) is 9.01. The first-order valence-corrected chi connectivity index (χ1v) is 18.6. The number of amides is 2. The Morgan fingerprint density at radius 1 is 0.900 bits per heavy atom. The summed E-state index contributed by atoms with van der Waals surface area (Å²) in [5.41, 5.74) is 7.26. The van der Waals surface area contributed by atoms with Gasteiger partial charge in [0.25, 0.3) is 0 Å². The summed E-state index contributed by atoms with van der Waals surface area (Å²) in [6, 6.07) is 15.5. The van der Waals surface area contributed by atoms with E-state index in [1.54, 1.807) is 0 Å². The van der Waals surface area contributed by atoms with E-state index >= 15 is 0 Å². The number of nitrogens with zero attached hydrogens (tertiary/aromatic N) is 4. The number of nitrogens with one attached hydrogen (secondary N) is 2. The van der Waals surface area contributed by atoms with Crippen LogP contribution in [0.4, 0.5) is 0 Å². The molecule has 3 aromatic carbocycles. The molecule has 5 heterocycles. The van der Waals surface area contributed by atoms with Gasteiger partial charge in [-0.3, -0.25) is 9.59 Å². The molecule has 2 fully saturated rings. The van der Waals surface area contributed by atoms with Gasteiger partial charge in [-0.2, -0.15) is 0 Å². The molecule has 0 radical (unpaired) electrons. The molecule has 0 saturated carbocycles. The lowest BCUT2D eigenvalue weighted by atomic mass is 9.92. The summed E-state index contributed by atoms with van der Waals surface area (Å²) in [5.74, 6) is 3.40. The van der Waals surface area contributed by atoms with Crippen molar-refractivity contribution in [1.29, 1.82) is 0 Å². The standard InChI is InChI=1S/C41H48N6O3/c1-6-8-37(48)46-24(4)9-15-34(46)40-42-21-33(44-40)27-11-13-29-28(18-27)22-50-36-20-30-26(19-31(29)36)12-14-32-39(30)45-41(43-32)35-16-10-25(5)47(35)38(49)17-23(3)7-2/h11-14,18-21,23-25,34-35H,6-10,15-17,22H2,1-5H3,(H,42,44)(H,43,45)/t23-,24-,25-,34-,35-/m0/s1. The molecular weight excluding hydrogens is 624 g/mol. The monoisotopic (exact) mass is 672 g/mol. The van der Waals surface area contributed by atoms with Gasteiger partial charge in [0.2, 0.25) is 11.8 Å². The quantitative estimate of drug-likeness (QED) is 0.171. The van der Waals surface area contributed by atoms with Crippen LogP contribution in [0.25, 0.3) is 44.2 Å². The molecule has 260 valence electrons. The van der Waals surface area contributed by atoms with Crippen LogP contribution in [0.2, 0.25) is 0 Å². The summed E-state index contributed by atoms with van der Waals surface area (Å²) in [6.45, 7) is 11.1. The second kappa shape index (κ2) is 12.9. The van der Waals surface area contributed by atoms with E-state index in [2.05, 4.69) is 92.0 Å². The number of ether oxygens (including phenoxy) is 1. The molecule has 50 heavy (non-hydrogen) atoms. The van der Waals surface area contributed by atoms with Crippen molar-refractivity contribution in [2.24, 2.45) is 5.92 Å². The molecule has 3 aliphatic rings. The topological polar surface area (TPSA) is 107 Å². The molecule has 0 unspecified atom stereocenters. The lowest BCUT2D eigenvalue weighted by Gasteiger charge is -2.28. The first-order chi connectivity index (χ1) is 24.2. The van der Waals surface area contributed by atoms with Crippen molar-refractivity contribution in [3.63, 3.8) is 0 Å². The number of benzene rings is 3. The Hall–Kier alpha value is -4.66. The van der Waals surface area contributed by atoms with E-state index in [0.717, 1.165) is 100 Å². The van der Waals surface area contributed by atoms with Gasteiger partial charge in [-0.15, -0.1) is 0 Å². The summed E-state index contributed by atoms with van der Waals surface area (Å²) >= 11 is 0. The van der Waals surface area contributed by atoms with Crippen LogP contribution in [0.15, 0.2) is 48.7 Å². The highest BCUT2D eigenvalue weighted by molar-refractivity contribution is 6.07. The first kappa shape index (κ1) is 32.5. The number of rotatable bonds is 8. The number of hydrogen-bond acceptors (Lipinski definition) is 5. The number of carbonyl (C=O) groups is 2. The Morgan fingerprint density at radius 3 is 2.42 bits per heavy atom. The van der Waals surface area contributed by atoms with E-state index in [-0.39, 0.29) is 36.0 Å². The largest absolute Gasteiger partial charge is 0.488 e. The van der Waals surface area contributed by atoms with Gasteiger partial charge in [-0.25, -0.2) is 9.97 Å². The van der Waals surface area contributed by atoms with Gasteiger partial charge in [0, 0.05) is 35.9 Å². The number of aromatic amines is 2. The number of carbonyl (C=O) groups excluding carboxylic acids is 2. The van der Waals surface area contributed by atoms with E-state index in [4.69, 9.17) is 14.7 Å². The molecule has 0 aliphatic carbocycles. The fourth-order valence-electron chi connectivity index (χ4n) is 8.53. The molecule has 5 aromatic rings. The summed E-state index contributed by atoms with van der Waals surface area (Å²) in [5, 5.41) is 2.18. The average Bonchev–Trinajstić information content (AvgIpc) is 3.92. The molecule has 9 heteroatoms. The highest BCUT2D eigenvalue weighted by atomic mass is 16.5. The highest BCUT2D eigenvalue weighted by Crippen LogP contribution is 2.44. The van der Waals surface area contributed by atoms with Crippen LogP contribution >= 0.6 is 0 Å². The summed E-state index contributed by atoms with van der Waals surface area (Å²) in [6.07, 6.45) is 8.71. The van der Waals surface area contributed by atoms with Gasteiger partial charge < -0.3 is 24.5 Å². The van der Waals surface area contributed by atoms with Gasteiger partial charge >= 0.3 is 0 Å². The van der Waals surface area contributed by atoms with Crippen molar-refractivity contribution in [3.8, 4) is 28.1 Å². The van der Waals surface area contributed by atoms with Gasteiger partial charge in [0.05, 0.1) is 35.0 Å². The Balaban J connectivity index is 1.07. The average molecular weight is 673 g/mol. The second-order valence-corrected chi connectivity index (χ2v) is 14.9. The molecule has 2 saturated heterocycles. The van der Waals surface area contributed by atoms with Crippen molar-refractivity contribution in [1.82, 2.24) is 29.7 Å². The van der Waals surface area contributed by atoms with Gasteiger partial charge in [-0.1, -0.05) is 45.4 Å². The van der Waals surface area contributed by atoms with Gasteiger partial charge in [-0.05, 0) is 98.2 Å². The number of H-pyrrole nitrogens is 2. The van der Waals surface area contributed by atoms with Crippen molar-refractivity contribution in [3.05, 3.63) is 65.9 Å². The highest BCUT2D eigenvalue weighted by Gasteiger charge is 2.38. The lowest BCUT2D eigenvalue weighted by Crippen LogP contribution is -2.36. The summed E-state index contributed by atoms with van der Waals surface area (Å²) < 4.78 is 6.42. The van der Waals surface area contributed by atoms with E-state index in [1.807, 2.05) is 11.1 Å². The van der Waals surface area contributed by atoms with Crippen molar-refractivity contribution >= 4 is 33.6 Å². The predicted molar refractivity (Wildman–Crippen MR) is 196 cm³/mol. The molecule has 9 nitrogen and oxygen atoms in total. The molecule has 8 rings (SSSR count). The Kier molecular flexibility index (Phi) is 8.40. The Labute approximate surface area is 293 Å². The fourth-order valence-corrected chi connectivity index (χ4v) is 8.53. The zero-order valence-corrected chi connectivity index (χ0v) is 29.9.